The van der Waals surface area contributed by atoms with E-state index in [1.165, 1.54) is 6.33 Å². The van der Waals surface area contributed by atoms with Gasteiger partial charge in [0, 0.05) is 30.6 Å². The van der Waals surface area contributed by atoms with E-state index in [1.807, 2.05) is 97.1 Å². The van der Waals surface area contributed by atoms with E-state index in [1.54, 1.807) is 0 Å². The molecule has 3 aliphatic rings. The lowest BCUT2D eigenvalue weighted by atomic mass is 9.79. The van der Waals surface area contributed by atoms with E-state index in [-0.39, 0.29) is 24.1 Å². The van der Waals surface area contributed by atoms with E-state index in [0.717, 1.165) is 76.3 Å². The molecule has 4 aromatic carbocycles. The fourth-order valence-corrected chi connectivity index (χ4v) is 7.51. The predicted octanol–water partition coefficient (Wildman–Crippen LogP) is 10.2. The summed E-state index contributed by atoms with van der Waals surface area (Å²) in [6.07, 6.45) is 7.41. The number of halogens is 1. The van der Waals surface area contributed by atoms with Crippen LogP contribution in [0.15, 0.2) is 122 Å². The Hall–Kier alpha value is -4.71. The highest BCUT2D eigenvalue weighted by Crippen LogP contribution is 2.44. The molecule has 0 bridgehead atoms. The minimum absolute atomic E-state index is 0.311. The first-order valence-corrected chi connectivity index (χ1v) is 19.3. The number of hydrogen-bond donors (Lipinski definition) is 0. The van der Waals surface area contributed by atoms with E-state index >= 15 is 0 Å². The van der Waals surface area contributed by atoms with Gasteiger partial charge in [-0.3, -0.25) is 0 Å². The molecule has 2 aromatic heterocycles. The van der Waals surface area contributed by atoms with Gasteiger partial charge < -0.3 is 32.8 Å². The van der Waals surface area contributed by atoms with E-state index in [9.17, 15) is 0 Å². The van der Waals surface area contributed by atoms with Crippen LogP contribution in [0.4, 0.5) is 0 Å². The number of ether oxygens (including phenoxy) is 4. The number of rotatable bonds is 7. The quantitative estimate of drug-likeness (QED) is 0.118. The molecule has 2 saturated heterocycles. The first kappa shape index (κ1) is 37.2. The molecule has 2 aliphatic heterocycles. The maximum Gasteiger partial charge on any atom is 0.494 e. The molecule has 3 fully saturated rings. The molecule has 9 rings (SSSR count). The zero-order valence-corrected chi connectivity index (χ0v) is 32.4. The molecule has 0 atom stereocenters. The van der Waals surface area contributed by atoms with Crippen LogP contribution >= 0.6 is 11.6 Å². The summed E-state index contributed by atoms with van der Waals surface area (Å²) in [5.74, 6) is 2.83. The number of para-hydroxylation sites is 2. The summed E-state index contributed by atoms with van der Waals surface area (Å²) in [4.78, 5) is 8.87. The molecule has 6 aromatic rings. The van der Waals surface area contributed by atoms with Crippen LogP contribution in [-0.2, 0) is 18.8 Å². The van der Waals surface area contributed by atoms with E-state index in [4.69, 9.17) is 39.9 Å². The second kappa shape index (κ2) is 15.4. The van der Waals surface area contributed by atoms with Crippen LogP contribution in [0.25, 0.3) is 22.2 Å². The van der Waals surface area contributed by atoms with E-state index in [0.29, 0.717) is 24.4 Å². The van der Waals surface area contributed by atoms with Gasteiger partial charge in [0.05, 0.1) is 29.8 Å². The zero-order chi connectivity index (χ0) is 38.0. The zero-order valence-electron chi connectivity index (χ0n) is 31.6. The molecule has 1 spiro atoms. The van der Waals surface area contributed by atoms with Crippen molar-refractivity contribution in [3.63, 3.8) is 0 Å². The maximum absolute atomic E-state index is 6.57. The Bertz CT molecular complexity index is 2180. The van der Waals surface area contributed by atoms with Gasteiger partial charge in [0.25, 0.3) is 0 Å². The highest BCUT2D eigenvalue weighted by molar-refractivity contribution is 6.62. The Morgan fingerprint density at radius 1 is 0.673 bits per heavy atom. The molecular weight excluding hydrogens is 713 g/mol. The van der Waals surface area contributed by atoms with Crippen LogP contribution < -0.4 is 14.9 Å². The van der Waals surface area contributed by atoms with Crippen LogP contribution in [0, 0.1) is 0 Å². The molecule has 0 radical (unpaired) electrons. The molecule has 0 unspecified atom stereocenters. The summed E-state index contributed by atoms with van der Waals surface area (Å²) in [7, 11) is -0.337. The molecule has 4 heterocycles. The third kappa shape index (κ3) is 8.01. The largest absolute Gasteiger partial charge is 0.494 e. The molecule has 0 amide bonds. The first-order chi connectivity index (χ1) is 26.6. The Balaban J connectivity index is 0.000000169. The third-order valence-electron chi connectivity index (χ3n) is 11.0. The summed E-state index contributed by atoms with van der Waals surface area (Å²) < 4.78 is 37.9. The Morgan fingerprint density at radius 2 is 1.18 bits per heavy atom. The predicted molar refractivity (Wildman–Crippen MR) is 215 cm³/mol. The number of fused-ring (bicyclic) bond motifs is 1. The van der Waals surface area contributed by atoms with E-state index in [2.05, 4.69) is 60.6 Å². The lowest BCUT2D eigenvalue weighted by molar-refractivity contribution is -0.181. The Kier molecular flexibility index (Phi) is 10.5. The minimum Gasteiger partial charge on any atom is -0.457 e. The fraction of sp³-hybridized carbons (Fsp3) is 0.318. The molecular formula is C44H45BClN3O6. The molecule has 0 N–H and O–H groups in total. The van der Waals surface area contributed by atoms with Crippen LogP contribution in [-0.4, -0.2) is 51.9 Å². The summed E-state index contributed by atoms with van der Waals surface area (Å²) in [5.41, 5.74) is 3.29. The number of nitrogens with zero attached hydrogens (tertiary/aromatic N) is 3. The topological polar surface area (TPSA) is 86.1 Å². The van der Waals surface area contributed by atoms with Crippen molar-refractivity contribution in [2.45, 2.75) is 76.4 Å². The minimum atomic E-state index is -0.385. The van der Waals surface area contributed by atoms with Gasteiger partial charge in [-0.2, -0.15) is 0 Å². The lowest BCUT2D eigenvalue weighted by Gasteiger charge is -2.36. The van der Waals surface area contributed by atoms with Crippen LogP contribution in [0.5, 0.6) is 23.0 Å². The Labute approximate surface area is 327 Å². The number of benzene rings is 4. The molecule has 1 saturated carbocycles. The van der Waals surface area contributed by atoms with Gasteiger partial charge in [0.1, 0.15) is 40.1 Å². The average molecular weight is 758 g/mol. The van der Waals surface area contributed by atoms with Crippen molar-refractivity contribution in [2.24, 2.45) is 0 Å². The Morgan fingerprint density at radius 3 is 1.73 bits per heavy atom. The molecule has 11 heteroatoms. The van der Waals surface area contributed by atoms with E-state index < -0.39 is 0 Å². The second-order valence-electron chi connectivity index (χ2n) is 15.2. The molecule has 1 aliphatic carbocycles. The van der Waals surface area contributed by atoms with Gasteiger partial charge in [-0.05, 0) is 100 Å². The molecule has 55 heavy (non-hydrogen) atoms. The van der Waals surface area contributed by atoms with Crippen molar-refractivity contribution in [1.82, 2.24) is 14.5 Å². The third-order valence-corrected chi connectivity index (χ3v) is 11.3. The number of hydrogen-bond acceptors (Lipinski definition) is 8. The first-order valence-electron chi connectivity index (χ1n) is 18.9. The van der Waals surface area contributed by atoms with Gasteiger partial charge >= 0.3 is 7.12 Å². The fourth-order valence-electron chi connectivity index (χ4n) is 7.28. The smallest absolute Gasteiger partial charge is 0.457 e. The van der Waals surface area contributed by atoms with Crippen LogP contribution in [0.2, 0.25) is 5.15 Å². The molecule has 9 nitrogen and oxygen atoms in total. The highest BCUT2D eigenvalue weighted by Gasteiger charge is 2.51. The van der Waals surface area contributed by atoms with Crippen molar-refractivity contribution < 1.29 is 28.3 Å². The normalized spacial score (nSPS) is 18.6. The van der Waals surface area contributed by atoms with Gasteiger partial charge in [0.15, 0.2) is 5.79 Å². The maximum atomic E-state index is 6.57. The van der Waals surface area contributed by atoms with Gasteiger partial charge in [-0.25, -0.2) is 9.97 Å². The summed E-state index contributed by atoms with van der Waals surface area (Å²) >= 11 is 6.57. The van der Waals surface area contributed by atoms with Gasteiger partial charge in [0.2, 0.25) is 0 Å². The van der Waals surface area contributed by atoms with Crippen molar-refractivity contribution in [3.8, 4) is 34.1 Å². The monoisotopic (exact) mass is 757 g/mol. The summed E-state index contributed by atoms with van der Waals surface area (Å²) in [5, 5.41) is 1.35. The standard InChI is InChI=1S/C26H24ClN3O3.C18H21BO3/c27-24-23-22(18-6-8-21(9-7-18)33-20-4-2-1-3-5-20)16-30(25(23)29-17-28-24)19-10-12-26(13-11-19)31-14-15-32-26;1-17(2)18(3,4)22-19(21-17)14-10-12-16(13-11-14)20-15-8-6-5-7-9-15/h1-9,16-17,19H,10-15H2;5-13H,1-4H3. The SMILES string of the molecule is CC1(C)OB(c2ccc(Oc3ccccc3)cc2)OC1(C)C.Clc1ncnc2c1c(-c1ccc(Oc3ccccc3)cc1)cn2C1CCC2(CC1)OCCO2. The second-order valence-corrected chi connectivity index (χ2v) is 15.5. The summed E-state index contributed by atoms with van der Waals surface area (Å²) in [6, 6.07) is 35.7. The van der Waals surface area contributed by atoms with Crippen molar-refractivity contribution in [3.05, 3.63) is 127 Å². The molecule has 282 valence electrons. The van der Waals surface area contributed by atoms with Crippen molar-refractivity contribution in [2.75, 3.05) is 13.2 Å². The lowest BCUT2D eigenvalue weighted by Crippen LogP contribution is -2.41. The van der Waals surface area contributed by atoms with Gasteiger partial charge in [-0.1, -0.05) is 72.3 Å². The summed E-state index contributed by atoms with van der Waals surface area (Å²) in [6.45, 7) is 9.60. The van der Waals surface area contributed by atoms with Crippen molar-refractivity contribution >= 4 is 35.2 Å². The average Bonchev–Trinajstić information content (AvgIpc) is 3.88. The van der Waals surface area contributed by atoms with Crippen molar-refractivity contribution in [1.29, 1.82) is 0 Å². The highest BCUT2D eigenvalue weighted by atomic mass is 35.5. The van der Waals surface area contributed by atoms with Gasteiger partial charge in [-0.15, -0.1) is 0 Å². The van der Waals surface area contributed by atoms with Crippen LogP contribution in [0.1, 0.15) is 59.4 Å². The number of aromatic nitrogens is 3. The van der Waals surface area contributed by atoms with Crippen LogP contribution in [0.3, 0.4) is 0 Å².